The summed E-state index contributed by atoms with van der Waals surface area (Å²) in [6, 6.07) is 13.5. The monoisotopic (exact) mass is 523 g/mol. The average molecular weight is 524 g/mol. The maximum Gasteiger partial charge on any atom is 0.408 e. The molecule has 0 bridgehead atoms. The van der Waals surface area contributed by atoms with Crippen LogP contribution in [0.4, 0.5) is 4.79 Å². The Morgan fingerprint density at radius 1 is 0.947 bits per heavy atom. The topological polar surface area (TPSA) is 87.7 Å². The van der Waals surface area contributed by atoms with Crippen LogP contribution in [-0.4, -0.2) is 40.5 Å². The molecule has 7 nitrogen and oxygen atoms in total. The van der Waals surface area contributed by atoms with Crippen molar-refractivity contribution in [3.8, 4) is 0 Å². The number of amides is 3. The molecular formula is C31H45N3O4. The first-order valence-corrected chi connectivity index (χ1v) is 13.4. The fourth-order valence-corrected chi connectivity index (χ4v) is 4.45. The smallest absolute Gasteiger partial charge is 0.408 e. The van der Waals surface area contributed by atoms with Gasteiger partial charge in [-0.05, 0) is 65.5 Å². The Kier molecular flexibility index (Phi) is 10.9. The Labute approximate surface area is 228 Å². The summed E-state index contributed by atoms with van der Waals surface area (Å²) < 4.78 is 5.46. The third-order valence-corrected chi connectivity index (χ3v) is 6.36. The Bertz CT molecular complexity index is 1070. The number of hydrogen-bond acceptors (Lipinski definition) is 4. The van der Waals surface area contributed by atoms with E-state index in [9.17, 15) is 14.4 Å². The van der Waals surface area contributed by atoms with E-state index >= 15 is 0 Å². The first kappa shape index (κ1) is 30.9. The summed E-state index contributed by atoms with van der Waals surface area (Å²) in [6.07, 6.45) is 0.00312. The van der Waals surface area contributed by atoms with E-state index in [1.165, 1.54) is 0 Å². The Hall–Kier alpha value is -3.35. The van der Waals surface area contributed by atoms with Gasteiger partial charge < -0.3 is 20.3 Å². The number of alkyl carbamates (subject to hydrolysis) is 1. The standard InChI is InChI=1S/C31H45N3O4/c1-10-23(6)26(33-30(37)38-31(7,8)9)29(36)34(20(2)3)27(25-17-21(4)16-22(5)18-25)28(35)32-19-24-14-12-11-13-15-24/h11-18,20,23,26-27H,10,19H2,1-9H3,(H,32,35)(H,33,37). The minimum absolute atomic E-state index is 0.177. The van der Waals surface area contributed by atoms with Crippen LogP contribution in [0.3, 0.4) is 0 Å². The lowest BCUT2D eigenvalue weighted by molar-refractivity contribution is -0.145. The minimum atomic E-state index is -0.878. The predicted molar refractivity (Wildman–Crippen MR) is 152 cm³/mol. The van der Waals surface area contributed by atoms with Crippen LogP contribution in [0.2, 0.25) is 0 Å². The molecule has 3 atom stereocenters. The molecule has 0 aliphatic carbocycles. The van der Waals surface area contributed by atoms with Gasteiger partial charge in [0.05, 0.1) is 0 Å². The number of carbonyl (C=O) groups excluding carboxylic acids is 3. The number of hydrogen-bond donors (Lipinski definition) is 2. The van der Waals surface area contributed by atoms with E-state index in [1.807, 2.05) is 90.1 Å². The van der Waals surface area contributed by atoms with Crippen molar-refractivity contribution in [3.05, 3.63) is 70.8 Å². The van der Waals surface area contributed by atoms with E-state index in [0.717, 1.165) is 22.3 Å². The van der Waals surface area contributed by atoms with E-state index in [4.69, 9.17) is 4.74 Å². The molecule has 2 N–H and O–H groups in total. The molecule has 208 valence electrons. The molecule has 38 heavy (non-hydrogen) atoms. The second-order valence-corrected chi connectivity index (χ2v) is 11.4. The van der Waals surface area contributed by atoms with Gasteiger partial charge in [0, 0.05) is 12.6 Å². The Morgan fingerprint density at radius 3 is 2.03 bits per heavy atom. The van der Waals surface area contributed by atoms with Crippen molar-refractivity contribution in [2.45, 2.75) is 99.0 Å². The molecule has 0 aliphatic heterocycles. The third kappa shape index (κ3) is 8.89. The Morgan fingerprint density at radius 2 is 1.53 bits per heavy atom. The fraction of sp³-hybridized carbons (Fsp3) is 0.516. The summed E-state index contributed by atoms with van der Waals surface area (Å²) in [7, 11) is 0. The van der Waals surface area contributed by atoms with E-state index in [1.54, 1.807) is 25.7 Å². The van der Waals surface area contributed by atoms with Crippen molar-refractivity contribution < 1.29 is 19.1 Å². The van der Waals surface area contributed by atoms with Crippen molar-refractivity contribution >= 4 is 17.9 Å². The Balaban J connectivity index is 2.51. The molecule has 3 unspecified atom stereocenters. The van der Waals surface area contributed by atoms with Crippen molar-refractivity contribution in [1.29, 1.82) is 0 Å². The van der Waals surface area contributed by atoms with Gasteiger partial charge in [0.25, 0.3) is 0 Å². The van der Waals surface area contributed by atoms with Crippen LogP contribution in [0.1, 0.15) is 83.2 Å². The highest BCUT2D eigenvalue weighted by Gasteiger charge is 2.39. The molecule has 0 radical (unpaired) electrons. The van der Waals surface area contributed by atoms with Gasteiger partial charge in [-0.1, -0.05) is 79.9 Å². The molecule has 7 heteroatoms. The van der Waals surface area contributed by atoms with E-state index in [-0.39, 0.29) is 23.8 Å². The highest BCUT2D eigenvalue weighted by atomic mass is 16.6. The lowest BCUT2D eigenvalue weighted by Gasteiger charge is -2.38. The van der Waals surface area contributed by atoms with Gasteiger partial charge in [-0.2, -0.15) is 0 Å². The quantitative estimate of drug-likeness (QED) is 0.410. The molecule has 0 aromatic heterocycles. The van der Waals surface area contributed by atoms with Crippen LogP contribution in [0, 0.1) is 19.8 Å². The summed E-state index contributed by atoms with van der Waals surface area (Å²) in [4.78, 5) is 42.4. The summed E-state index contributed by atoms with van der Waals surface area (Å²) in [5, 5.41) is 5.84. The second-order valence-electron chi connectivity index (χ2n) is 11.4. The molecule has 0 heterocycles. The maximum absolute atomic E-state index is 14.2. The van der Waals surface area contributed by atoms with E-state index in [2.05, 4.69) is 10.6 Å². The highest BCUT2D eigenvalue weighted by Crippen LogP contribution is 2.28. The highest BCUT2D eigenvalue weighted by molar-refractivity contribution is 5.92. The minimum Gasteiger partial charge on any atom is -0.444 e. The normalized spacial score (nSPS) is 13.8. The van der Waals surface area contributed by atoms with Crippen LogP contribution in [-0.2, 0) is 20.9 Å². The van der Waals surface area contributed by atoms with Crippen molar-refractivity contribution in [2.24, 2.45) is 5.92 Å². The zero-order chi connectivity index (χ0) is 28.6. The first-order chi connectivity index (χ1) is 17.7. The zero-order valence-electron chi connectivity index (χ0n) is 24.4. The van der Waals surface area contributed by atoms with Gasteiger partial charge in [0.15, 0.2) is 0 Å². The van der Waals surface area contributed by atoms with Crippen LogP contribution >= 0.6 is 0 Å². The molecule has 0 aliphatic rings. The van der Waals surface area contributed by atoms with Crippen molar-refractivity contribution in [1.82, 2.24) is 15.5 Å². The van der Waals surface area contributed by atoms with Gasteiger partial charge >= 0.3 is 6.09 Å². The van der Waals surface area contributed by atoms with Gasteiger partial charge in [-0.25, -0.2) is 4.79 Å². The summed E-state index contributed by atoms with van der Waals surface area (Å²) in [5.41, 5.74) is 3.00. The number of rotatable bonds is 10. The number of carbonyl (C=O) groups is 3. The lowest BCUT2D eigenvalue weighted by Crippen LogP contribution is -2.57. The van der Waals surface area contributed by atoms with Gasteiger partial charge in [-0.3, -0.25) is 9.59 Å². The number of ether oxygens (including phenoxy) is 1. The number of nitrogens with zero attached hydrogens (tertiary/aromatic N) is 1. The number of benzene rings is 2. The van der Waals surface area contributed by atoms with Crippen LogP contribution in [0.5, 0.6) is 0 Å². The van der Waals surface area contributed by atoms with Crippen molar-refractivity contribution in [3.63, 3.8) is 0 Å². The molecule has 0 spiro atoms. The van der Waals surface area contributed by atoms with E-state index < -0.39 is 23.8 Å². The molecule has 3 amide bonds. The molecule has 0 saturated heterocycles. The predicted octanol–water partition coefficient (Wildman–Crippen LogP) is 5.84. The van der Waals surface area contributed by atoms with Gasteiger partial charge in [-0.15, -0.1) is 0 Å². The lowest BCUT2D eigenvalue weighted by atomic mass is 9.93. The average Bonchev–Trinajstić information content (AvgIpc) is 2.82. The zero-order valence-corrected chi connectivity index (χ0v) is 24.4. The fourth-order valence-electron chi connectivity index (χ4n) is 4.45. The van der Waals surface area contributed by atoms with E-state index in [0.29, 0.717) is 13.0 Å². The van der Waals surface area contributed by atoms with Crippen molar-refractivity contribution in [2.75, 3.05) is 0 Å². The molecule has 2 aromatic carbocycles. The van der Waals surface area contributed by atoms with Gasteiger partial charge in [0.2, 0.25) is 11.8 Å². The molecule has 0 saturated carbocycles. The molecule has 2 aromatic rings. The van der Waals surface area contributed by atoms with Crippen LogP contribution in [0.15, 0.2) is 48.5 Å². The maximum atomic E-state index is 14.2. The molecule has 0 fully saturated rings. The second kappa shape index (κ2) is 13.4. The first-order valence-electron chi connectivity index (χ1n) is 13.4. The SMILES string of the molecule is CCC(C)C(NC(=O)OC(C)(C)C)C(=O)N(C(C)C)C(C(=O)NCc1ccccc1)c1cc(C)cc(C)c1. The largest absolute Gasteiger partial charge is 0.444 e. The molecular weight excluding hydrogens is 478 g/mol. The van der Waals surface area contributed by atoms with Crippen LogP contribution in [0.25, 0.3) is 0 Å². The third-order valence-electron chi connectivity index (χ3n) is 6.36. The molecule has 2 rings (SSSR count). The summed E-state index contributed by atoms with van der Waals surface area (Å²) in [5.74, 6) is -0.774. The van der Waals surface area contributed by atoms with Gasteiger partial charge in [0.1, 0.15) is 17.7 Å². The summed E-state index contributed by atoms with van der Waals surface area (Å²) in [6.45, 7) is 17.3. The number of nitrogens with one attached hydrogen (secondary N) is 2. The number of aryl methyl sites for hydroxylation is 2. The summed E-state index contributed by atoms with van der Waals surface area (Å²) >= 11 is 0. The van der Waals surface area contributed by atoms with Crippen LogP contribution < -0.4 is 10.6 Å².